The smallest absolute Gasteiger partial charge is 0.420 e. The number of halogens is 3. The highest BCUT2D eigenvalue weighted by Crippen LogP contribution is 2.39. The van der Waals surface area contributed by atoms with Gasteiger partial charge in [0.05, 0.1) is 0 Å². The second-order valence-corrected chi connectivity index (χ2v) is 4.47. The molecule has 0 aliphatic carbocycles. The molecule has 21 heavy (non-hydrogen) atoms. The van der Waals surface area contributed by atoms with Crippen molar-refractivity contribution in [1.82, 2.24) is 0 Å². The molecule has 3 N–H and O–H groups in total. The average Bonchev–Trinajstić information content (AvgIpc) is 2.42. The fraction of sp³-hybridized carbons (Fsp3) is 0.200. The molecular formula is C15H14F3NO2. The van der Waals surface area contributed by atoms with Crippen molar-refractivity contribution in [3.05, 3.63) is 53.6 Å². The van der Waals surface area contributed by atoms with Crippen molar-refractivity contribution in [3.8, 4) is 11.5 Å². The number of alkyl halides is 3. The topological polar surface area (TPSA) is 55.5 Å². The summed E-state index contributed by atoms with van der Waals surface area (Å²) in [4.78, 5) is 0. The summed E-state index contributed by atoms with van der Waals surface area (Å²) in [5, 5.41) is 8.81. The second kappa shape index (κ2) is 6.05. The van der Waals surface area contributed by atoms with Gasteiger partial charge in [-0.15, -0.1) is 0 Å². The number of aliphatic hydroxyl groups excluding tert-OH is 1. The van der Waals surface area contributed by atoms with Gasteiger partial charge in [0.25, 0.3) is 0 Å². The van der Waals surface area contributed by atoms with Crippen molar-refractivity contribution < 1.29 is 23.0 Å². The molecule has 0 aliphatic rings. The number of nitrogen functional groups attached to an aromatic ring is 1. The lowest BCUT2D eigenvalue weighted by atomic mass is 10.1. The molecule has 2 aromatic rings. The van der Waals surface area contributed by atoms with Crippen LogP contribution in [0.15, 0.2) is 42.5 Å². The number of hydrogen-bond acceptors (Lipinski definition) is 3. The van der Waals surface area contributed by atoms with Crippen LogP contribution >= 0.6 is 0 Å². The summed E-state index contributed by atoms with van der Waals surface area (Å²) in [6.07, 6.45) is -4.06. The summed E-state index contributed by atoms with van der Waals surface area (Å²) >= 11 is 0. The van der Waals surface area contributed by atoms with E-state index in [4.69, 9.17) is 15.6 Å². The van der Waals surface area contributed by atoms with Gasteiger partial charge in [-0.2, -0.15) is 13.2 Å². The molecule has 0 aromatic heterocycles. The lowest BCUT2D eigenvalue weighted by Gasteiger charge is -2.14. The molecular weight excluding hydrogens is 283 g/mol. The summed E-state index contributed by atoms with van der Waals surface area (Å²) in [7, 11) is 0. The highest BCUT2D eigenvalue weighted by atomic mass is 19.4. The maximum Gasteiger partial charge on any atom is 0.420 e. The summed E-state index contributed by atoms with van der Waals surface area (Å²) in [5.41, 5.74) is 5.37. The Hall–Kier alpha value is -2.21. The average molecular weight is 297 g/mol. The molecule has 0 heterocycles. The zero-order chi connectivity index (χ0) is 15.5. The van der Waals surface area contributed by atoms with E-state index in [0.29, 0.717) is 6.42 Å². The van der Waals surface area contributed by atoms with E-state index in [1.165, 1.54) is 12.1 Å². The molecule has 0 amide bonds. The van der Waals surface area contributed by atoms with Crippen molar-refractivity contribution in [2.75, 3.05) is 12.3 Å². The maximum atomic E-state index is 12.9. The van der Waals surface area contributed by atoms with Crippen LogP contribution in [0.5, 0.6) is 11.5 Å². The third-order valence-electron chi connectivity index (χ3n) is 2.86. The Balaban J connectivity index is 2.27. The lowest BCUT2D eigenvalue weighted by Crippen LogP contribution is -2.08. The van der Waals surface area contributed by atoms with E-state index in [-0.39, 0.29) is 23.8 Å². The van der Waals surface area contributed by atoms with Crippen LogP contribution in [0.2, 0.25) is 0 Å². The quantitative estimate of drug-likeness (QED) is 0.848. The van der Waals surface area contributed by atoms with Crippen molar-refractivity contribution >= 4 is 5.69 Å². The fourth-order valence-electron chi connectivity index (χ4n) is 1.84. The van der Waals surface area contributed by atoms with Gasteiger partial charge in [-0.25, -0.2) is 0 Å². The van der Waals surface area contributed by atoms with E-state index in [1.54, 1.807) is 24.3 Å². The van der Waals surface area contributed by atoms with E-state index in [0.717, 1.165) is 11.6 Å². The van der Waals surface area contributed by atoms with Gasteiger partial charge in [0.1, 0.15) is 17.1 Å². The van der Waals surface area contributed by atoms with E-state index >= 15 is 0 Å². The van der Waals surface area contributed by atoms with E-state index in [9.17, 15) is 13.2 Å². The van der Waals surface area contributed by atoms with Crippen LogP contribution in [0, 0.1) is 0 Å². The zero-order valence-electron chi connectivity index (χ0n) is 11.0. The standard InChI is InChI=1S/C15H14F3NO2/c16-15(17,18)13-9-11(19)3-6-14(13)21-12-4-1-10(2-5-12)7-8-20/h1-6,9,20H,7-8,19H2. The molecule has 2 rings (SSSR count). The third kappa shape index (κ3) is 3.88. The minimum Gasteiger partial charge on any atom is -0.457 e. The first kappa shape index (κ1) is 15.2. The van der Waals surface area contributed by atoms with Crippen molar-refractivity contribution in [1.29, 1.82) is 0 Å². The van der Waals surface area contributed by atoms with Gasteiger partial charge < -0.3 is 15.6 Å². The highest BCUT2D eigenvalue weighted by molar-refractivity contribution is 5.50. The summed E-state index contributed by atoms with van der Waals surface area (Å²) in [5.74, 6) is -0.0152. The molecule has 0 aliphatic heterocycles. The predicted octanol–water partition coefficient (Wildman–Crippen LogP) is 3.61. The number of hydrogen-bond donors (Lipinski definition) is 2. The monoisotopic (exact) mass is 297 g/mol. The molecule has 0 radical (unpaired) electrons. The van der Waals surface area contributed by atoms with E-state index in [1.807, 2.05) is 0 Å². The normalized spacial score (nSPS) is 11.4. The largest absolute Gasteiger partial charge is 0.457 e. The molecule has 0 atom stereocenters. The molecule has 6 heteroatoms. The number of ether oxygens (including phenoxy) is 1. The molecule has 0 spiro atoms. The summed E-state index contributed by atoms with van der Waals surface area (Å²) < 4.78 is 44.1. The first-order chi connectivity index (χ1) is 9.90. The number of rotatable bonds is 4. The number of nitrogens with two attached hydrogens (primary N) is 1. The molecule has 0 saturated carbocycles. The van der Waals surface area contributed by atoms with Gasteiger partial charge in [-0.3, -0.25) is 0 Å². The van der Waals surface area contributed by atoms with Crippen molar-refractivity contribution in [3.63, 3.8) is 0 Å². The molecule has 2 aromatic carbocycles. The van der Waals surface area contributed by atoms with Crippen LogP contribution in [0.4, 0.5) is 18.9 Å². The lowest BCUT2D eigenvalue weighted by molar-refractivity contribution is -0.138. The minimum atomic E-state index is -4.54. The van der Waals surface area contributed by atoms with Gasteiger partial charge in [-0.05, 0) is 42.3 Å². The maximum absolute atomic E-state index is 12.9. The Kier molecular flexibility index (Phi) is 4.37. The first-order valence-corrected chi connectivity index (χ1v) is 6.24. The van der Waals surface area contributed by atoms with Gasteiger partial charge >= 0.3 is 6.18 Å². The molecule has 0 bridgehead atoms. The Morgan fingerprint density at radius 2 is 1.71 bits per heavy atom. The summed E-state index contributed by atoms with van der Waals surface area (Å²) in [6.45, 7) is 0.0103. The SMILES string of the molecule is Nc1ccc(Oc2ccc(CCO)cc2)c(C(F)(F)F)c1. The number of aliphatic hydroxyl groups is 1. The summed E-state index contributed by atoms with van der Waals surface area (Å²) in [6, 6.07) is 9.88. The van der Waals surface area contributed by atoms with Gasteiger partial charge in [-0.1, -0.05) is 12.1 Å². The van der Waals surface area contributed by atoms with Crippen LogP contribution in [0.3, 0.4) is 0 Å². The van der Waals surface area contributed by atoms with Crippen LogP contribution in [0.1, 0.15) is 11.1 Å². The van der Waals surface area contributed by atoms with Crippen molar-refractivity contribution in [2.24, 2.45) is 0 Å². The van der Waals surface area contributed by atoms with Crippen LogP contribution in [0.25, 0.3) is 0 Å². The molecule has 0 fully saturated rings. The van der Waals surface area contributed by atoms with Crippen LogP contribution < -0.4 is 10.5 Å². The van der Waals surface area contributed by atoms with Crippen LogP contribution in [-0.2, 0) is 12.6 Å². The third-order valence-corrected chi connectivity index (χ3v) is 2.86. The van der Waals surface area contributed by atoms with Crippen molar-refractivity contribution in [2.45, 2.75) is 12.6 Å². The Bertz CT molecular complexity index is 609. The first-order valence-electron chi connectivity index (χ1n) is 6.24. The molecule has 0 saturated heterocycles. The van der Waals surface area contributed by atoms with Crippen LogP contribution in [-0.4, -0.2) is 11.7 Å². The predicted molar refractivity (Wildman–Crippen MR) is 73.2 cm³/mol. The Morgan fingerprint density at radius 1 is 1.05 bits per heavy atom. The van der Waals surface area contributed by atoms with Gasteiger partial charge in [0.2, 0.25) is 0 Å². The molecule has 3 nitrogen and oxygen atoms in total. The number of anilines is 1. The minimum absolute atomic E-state index is 0.0103. The fourth-order valence-corrected chi connectivity index (χ4v) is 1.84. The van der Waals surface area contributed by atoms with Gasteiger partial charge in [0, 0.05) is 12.3 Å². The zero-order valence-corrected chi connectivity index (χ0v) is 11.0. The Morgan fingerprint density at radius 3 is 2.29 bits per heavy atom. The molecule has 112 valence electrons. The van der Waals surface area contributed by atoms with E-state index < -0.39 is 11.7 Å². The molecule has 0 unspecified atom stereocenters. The highest BCUT2D eigenvalue weighted by Gasteiger charge is 2.34. The van der Waals surface area contributed by atoms with Gasteiger partial charge in [0.15, 0.2) is 0 Å². The van der Waals surface area contributed by atoms with E-state index in [2.05, 4.69) is 0 Å². The second-order valence-electron chi connectivity index (χ2n) is 4.47. The Labute approximate surface area is 119 Å². The number of benzene rings is 2.